The van der Waals surface area contributed by atoms with Gasteiger partial charge in [0.15, 0.2) is 6.10 Å². The van der Waals surface area contributed by atoms with E-state index in [-0.39, 0.29) is 36.7 Å². The number of nitrogens with zero attached hydrogens (tertiary/aromatic N) is 1. The number of hydrogen-bond acceptors (Lipinski definition) is 5. The van der Waals surface area contributed by atoms with Gasteiger partial charge in [-0.25, -0.2) is 0 Å². The first-order valence-corrected chi connectivity index (χ1v) is 10.0. The molecule has 3 rings (SSSR count). The zero-order valence-electron chi connectivity index (χ0n) is 17.8. The quantitative estimate of drug-likeness (QED) is 0.553. The normalized spacial score (nSPS) is 14.9. The number of amides is 1. The molecule has 1 atom stereocenters. The molecule has 0 radical (unpaired) electrons. The Balaban J connectivity index is 1.67. The molecule has 158 valence electrons. The molecule has 30 heavy (non-hydrogen) atoms. The maximum absolute atomic E-state index is 12.7. The van der Waals surface area contributed by atoms with E-state index in [9.17, 15) is 14.4 Å². The van der Waals surface area contributed by atoms with Gasteiger partial charge in [-0.2, -0.15) is 0 Å². The molecular weight excluding hydrogens is 382 g/mol. The molecule has 2 aromatic carbocycles. The predicted molar refractivity (Wildman–Crippen MR) is 114 cm³/mol. The number of Topliss-reactive ketones (excluding diaryl/α,β-unsaturated/α-hetero) is 1. The summed E-state index contributed by atoms with van der Waals surface area (Å²) in [5, 5.41) is 0. The molecule has 0 fully saturated rings. The highest BCUT2D eigenvalue weighted by molar-refractivity contribution is 6.02. The Morgan fingerprint density at radius 2 is 1.77 bits per heavy atom. The van der Waals surface area contributed by atoms with Crippen molar-refractivity contribution in [3.8, 4) is 5.75 Å². The number of esters is 1. The van der Waals surface area contributed by atoms with Gasteiger partial charge in [0, 0.05) is 5.56 Å². The van der Waals surface area contributed by atoms with E-state index in [0.717, 1.165) is 5.56 Å². The average molecular weight is 409 g/mol. The summed E-state index contributed by atoms with van der Waals surface area (Å²) in [6, 6.07) is 14.4. The summed E-state index contributed by atoms with van der Waals surface area (Å²) in [7, 11) is 0. The highest BCUT2D eigenvalue weighted by Gasteiger charge is 2.27. The molecular formula is C24H27NO5. The second-order valence-corrected chi connectivity index (χ2v) is 8.37. The van der Waals surface area contributed by atoms with Crippen LogP contribution in [0.2, 0.25) is 0 Å². The van der Waals surface area contributed by atoms with E-state index in [4.69, 9.17) is 9.47 Å². The van der Waals surface area contributed by atoms with Crippen LogP contribution in [0.5, 0.6) is 5.75 Å². The molecule has 6 heteroatoms. The number of carbonyl (C=O) groups is 3. The lowest BCUT2D eigenvalue weighted by atomic mass is 9.86. The number of anilines is 1. The molecule has 1 heterocycles. The number of fused-ring (bicyclic) bond motifs is 1. The molecule has 6 nitrogen and oxygen atoms in total. The van der Waals surface area contributed by atoms with Crippen LogP contribution in [0.15, 0.2) is 48.5 Å². The number of hydrogen-bond donors (Lipinski definition) is 0. The molecule has 0 saturated carbocycles. The summed E-state index contributed by atoms with van der Waals surface area (Å²) in [5.74, 6) is -0.616. The Morgan fingerprint density at radius 1 is 1.10 bits per heavy atom. The summed E-state index contributed by atoms with van der Waals surface area (Å²) in [6.45, 7) is 7.81. The first-order valence-electron chi connectivity index (χ1n) is 10.0. The number of rotatable bonds is 5. The summed E-state index contributed by atoms with van der Waals surface area (Å²) >= 11 is 0. The van der Waals surface area contributed by atoms with Crippen LogP contribution in [0.25, 0.3) is 0 Å². The summed E-state index contributed by atoms with van der Waals surface area (Å²) < 4.78 is 10.9. The molecule has 0 unspecified atom stereocenters. The van der Waals surface area contributed by atoms with Crippen molar-refractivity contribution in [3.05, 3.63) is 59.7 Å². The van der Waals surface area contributed by atoms with Crippen LogP contribution in [0.3, 0.4) is 0 Å². The summed E-state index contributed by atoms with van der Waals surface area (Å²) in [5.41, 5.74) is 2.10. The third-order valence-electron chi connectivity index (χ3n) is 5.03. The molecule has 1 amide bonds. The minimum atomic E-state index is -0.952. The van der Waals surface area contributed by atoms with Crippen molar-refractivity contribution in [1.82, 2.24) is 0 Å². The standard InChI is InChI=1S/C24H27NO5/c1-16(23(28)17-9-11-18(12-10-17)24(2,3)4)30-22(27)15-25-19-7-5-6-8-20(19)29-14-13-21(25)26/h5-12,16H,13-15H2,1-4H3/t16-/m1/s1. The van der Waals surface area contributed by atoms with Gasteiger partial charge in [0.05, 0.1) is 18.7 Å². The molecule has 0 aromatic heterocycles. The largest absolute Gasteiger partial charge is 0.491 e. The van der Waals surface area contributed by atoms with E-state index < -0.39 is 12.1 Å². The van der Waals surface area contributed by atoms with Crippen LogP contribution >= 0.6 is 0 Å². The topological polar surface area (TPSA) is 72.9 Å². The Morgan fingerprint density at radius 3 is 2.43 bits per heavy atom. The van der Waals surface area contributed by atoms with E-state index in [1.807, 2.05) is 12.1 Å². The highest BCUT2D eigenvalue weighted by Crippen LogP contribution is 2.31. The maximum Gasteiger partial charge on any atom is 0.326 e. The summed E-state index contributed by atoms with van der Waals surface area (Å²) in [4.78, 5) is 39.0. The number of ketones is 1. The highest BCUT2D eigenvalue weighted by atomic mass is 16.5. The van der Waals surface area contributed by atoms with E-state index in [1.54, 1.807) is 43.3 Å². The lowest BCUT2D eigenvalue weighted by molar-refractivity contribution is -0.145. The minimum Gasteiger partial charge on any atom is -0.491 e. The second kappa shape index (κ2) is 8.69. The van der Waals surface area contributed by atoms with Crippen LogP contribution in [-0.2, 0) is 19.7 Å². The average Bonchev–Trinajstić information content (AvgIpc) is 2.86. The fourth-order valence-corrected chi connectivity index (χ4v) is 3.28. The Kier molecular flexibility index (Phi) is 6.25. The molecule has 0 bridgehead atoms. The number of benzene rings is 2. The molecule has 0 N–H and O–H groups in total. The molecule has 2 aromatic rings. The van der Waals surface area contributed by atoms with Gasteiger partial charge >= 0.3 is 5.97 Å². The maximum atomic E-state index is 12.7. The Bertz CT molecular complexity index is 943. The van der Waals surface area contributed by atoms with Crippen molar-refractivity contribution in [2.24, 2.45) is 0 Å². The van der Waals surface area contributed by atoms with E-state index in [0.29, 0.717) is 17.0 Å². The smallest absolute Gasteiger partial charge is 0.326 e. The zero-order chi connectivity index (χ0) is 21.9. The van der Waals surface area contributed by atoms with Gasteiger partial charge in [0.2, 0.25) is 11.7 Å². The third-order valence-corrected chi connectivity index (χ3v) is 5.03. The van der Waals surface area contributed by atoms with Crippen molar-refractivity contribution in [1.29, 1.82) is 0 Å². The predicted octanol–water partition coefficient (Wildman–Crippen LogP) is 3.91. The van der Waals surface area contributed by atoms with Crippen molar-refractivity contribution >= 4 is 23.3 Å². The van der Waals surface area contributed by atoms with Crippen LogP contribution in [0.1, 0.15) is 50.0 Å². The van der Waals surface area contributed by atoms with Crippen LogP contribution in [-0.4, -0.2) is 36.9 Å². The van der Waals surface area contributed by atoms with Gasteiger partial charge in [-0.1, -0.05) is 57.2 Å². The lowest BCUT2D eigenvalue weighted by Gasteiger charge is -2.22. The zero-order valence-corrected chi connectivity index (χ0v) is 17.8. The van der Waals surface area contributed by atoms with Gasteiger partial charge < -0.3 is 9.47 Å². The molecule has 1 aliphatic heterocycles. The number of para-hydroxylation sites is 2. The number of ether oxygens (including phenoxy) is 2. The fraction of sp³-hybridized carbons (Fsp3) is 0.375. The lowest BCUT2D eigenvalue weighted by Crippen LogP contribution is -2.38. The monoisotopic (exact) mass is 409 g/mol. The van der Waals surface area contributed by atoms with E-state index in [1.165, 1.54) is 4.90 Å². The molecule has 0 spiro atoms. The third kappa shape index (κ3) is 4.87. The van der Waals surface area contributed by atoms with Gasteiger partial charge in [0.1, 0.15) is 12.3 Å². The van der Waals surface area contributed by atoms with Crippen molar-refractivity contribution in [2.75, 3.05) is 18.1 Å². The number of carbonyl (C=O) groups excluding carboxylic acids is 3. The van der Waals surface area contributed by atoms with Crippen molar-refractivity contribution < 1.29 is 23.9 Å². The van der Waals surface area contributed by atoms with Gasteiger partial charge in [-0.15, -0.1) is 0 Å². The van der Waals surface area contributed by atoms with Crippen molar-refractivity contribution in [2.45, 2.75) is 45.6 Å². The van der Waals surface area contributed by atoms with Crippen LogP contribution in [0, 0.1) is 0 Å². The van der Waals surface area contributed by atoms with E-state index >= 15 is 0 Å². The van der Waals surface area contributed by atoms with Gasteiger partial charge in [-0.3, -0.25) is 19.3 Å². The van der Waals surface area contributed by atoms with Crippen LogP contribution < -0.4 is 9.64 Å². The Hall–Kier alpha value is -3.15. The first-order chi connectivity index (χ1) is 14.2. The second-order valence-electron chi connectivity index (χ2n) is 8.37. The van der Waals surface area contributed by atoms with E-state index in [2.05, 4.69) is 20.8 Å². The van der Waals surface area contributed by atoms with Gasteiger partial charge in [-0.05, 0) is 30.0 Å². The first kappa shape index (κ1) is 21.6. The molecule has 0 saturated heterocycles. The summed E-state index contributed by atoms with van der Waals surface area (Å²) in [6.07, 6.45) is -0.789. The Labute approximate surface area is 176 Å². The molecule has 1 aliphatic rings. The minimum absolute atomic E-state index is 0.0145. The SMILES string of the molecule is C[C@@H](OC(=O)CN1C(=O)CCOc2ccccc21)C(=O)c1ccc(C(C)(C)C)cc1. The van der Waals surface area contributed by atoms with Crippen LogP contribution in [0.4, 0.5) is 5.69 Å². The molecule has 0 aliphatic carbocycles. The fourth-order valence-electron chi connectivity index (χ4n) is 3.28. The van der Waals surface area contributed by atoms with Crippen molar-refractivity contribution in [3.63, 3.8) is 0 Å². The van der Waals surface area contributed by atoms with Gasteiger partial charge in [0.25, 0.3) is 0 Å².